The third kappa shape index (κ3) is 67.4. The van der Waals surface area contributed by atoms with E-state index in [4.69, 9.17) is 14.2 Å². The number of allylic oxidation sites excluding steroid dienone is 14. The highest BCUT2D eigenvalue weighted by molar-refractivity contribution is 5.71. The highest BCUT2D eigenvalue weighted by atomic mass is 16.6. The fourth-order valence-electron chi connectivity index (χ4n) is 10.3. The molecule has 1 atom stereocenters. The Labute approximate surface area is 509 Å². The van der Waals surface area contributed by atoms with Crippen LogP contribution in [0.5, 0.6) is 0 Å². The van der Waals surface area contributed by atoms with Crippen molar-refractivity contribution in [2.75, 3.05) is 13.2 Å². The predicted octanol–water partition coefficient (Wildman–Crippen LogP) is 24.6. The van der Waals surface area contributed by atoms with Crippen LogP contribution in [0.25, 0.3) is 0 Å². The molecule has 0 saturated heterocycles. The van der Waals surface area contributed by atoms with Crippen molar-refractivity contribution in [3.05, 3.63) is 85.1 Å². The molecule has 6 nitrogen and oxygen atoms in total. The molecule has 1 unspecified atom stereocenters. The Morgan fingerprint density at radius 1 is 0.256 bits per heavy atom. The molecule has 0 aliphatic heterocycles. The van der Waals surface area contributed by atoms with Gasteiger partial charge in [-0.15, -0.1) is 0 Å². The molecule has 0 bridgehead atoms. The van der Waals surface area contributed by atoms with Gasteiger partial charge < -0.3 is 14.2 Å². The van der Waals surface area contributed by atoms with Crippen LogP contribution in [-0.4, -0.2) is 37.2 Å². The van der Waals surface area contributed by atoms with Crippen LogP contribution in [0.2, 0.25) is 0 Å². The van der Waals surface area contributed by atoms with E-state index in [2.05, 4.69) is 106 Å². The third-order valence-corrected chi connectivity index (χ3v) is 15.6. The first-order valence-corrected chi connectivity index (χ1v) is 35.6. The normalized spacial score (nSPS) is 12.6. The summed E-state index contributed by atoms with van der Waals surface area (Å²) in [5.41, 5.74) is 0. The van der Waals surface area contributed by atoms with Crippen molar-refractivity contribution in [1.29, 1.82) is 0 Å². The van der Waals surface area contributed by atoms with Gasteiger partial charge in [-0.05, 0) is 96.3 Å². The smallest absolute Gasteiger partial charge is 0.306 e. The van der Waals surface area contributed by atoms with E-state index in [1.807, 2.05) is 0 Å². The molecule has 0 aliphatic carbocycles. The first-order valence-electron chi connectivity index (χ1n) is 35.6. The summed E-state index contributed by atoms with van der Waals surface area (Å²) in [7, 11) is 0. The molecule has 0 aliphatic rings. The van der Waals surface area contributed by atoms with E-state index in [0.29, 0.717) is 19.3 Å². The summed E-state index contributed by atoms with van der Waals surface area (Å²) in [6, 6.07) is 0. The van der Waals surface area contributed by atoms with E-state index in [1.165, 1.54) is 212 Å². The number of carbonyl (C=O) groups excluding carboxylic acids is 3. The topological polar surface area (TPSA) is 78.9 Å². The predicted molar refractivity (Wildman–Crippen MR) is 358 cm³/mol. The van der Waals surface area contributed by atoms with E-state index in [1.54, 1.807) is 0 Å². The zero-order valence-electron chi connectivity index (χ0n) is 54.5. The van der Waals surface area contributed by atoms with E-state index in [-0.39, 0.29) is 31.1 Å². The molecule has 82 heavy (non-hydrogen) atoms. The van der Waals surface area contributed by atoms with Gasteiger partial charge in [-0.1, -0.05) is 331 Å². The van der Waals surface area contributed by atoms with E-state index in [9.17, 15) is 14.4 Å². The Balaban J connectivity index is 4.36. The summed E-state index contributed by atoms with van der Waals surface area (Å²) in [6.45, 7) is 6.55. The fraction of sp³-hybridized carbons (Fsp3) is 0.776. The zero-order chi connectivity index (χ0) is 59.2. The van der Waals surface area contributed by atoms with Gasteiger partial charge in [0, 0.05) is 19.3 Å². The molecule has 0 heterocycles. The second-order valence-electron chi connectivity index (χ2n) is 23.8. The van der Waals surface area contributed by atoms with Gasteiger partial charge >= 0.3 is 17.9 Å². The second-order valence-corrected chi connectivity index (χ2v) is 23.8. The Bertz CT molecular complexity index is 1550. The minimum absolute atomic E-state index is 0.0837. The molecule has 0 rings (SSSR count). The number of carbonyl (C=O) groups is 3. The van der Waals surface area contributed by atoms with Crippen molar-refractivity contribution in [3.8, 4) is 0 Å². The summed E-state index contributed by atoms with van der Waals surface area (Å²) in [5, 5.41) is 0. The molecular weight excluding hydrogens is 1010 g/mol. The molecular formula is C76H134O6. The Kier molecular flexibility index (Phi) is 67.2. The van der Waals surface area contributed by atoms with Gasteiger partial charge in [0.05, 0.1) is 0 Å². The van der Waals surface area contributed by atoms with Gasteiger partial charge in [-0.2, -0.15) is 0 Å². The average molecular weight is 1140 g/mol. The summed E-state index contributed by atoms with van der Waals surface area (Å²) in [5.74, 6) is -0.891. The van der Waals surface area contributed by atoms with Crippen molar-refractivity contribution in [2.24, 2.45) is 0 Å². The Morgan fingerprint density at radius 3 is 0.744 bits per heavy atom. The fourth-order valence-corrected chi connectivity index (χ4v) is 10.3. The summed E-state index contributed by atoms with van der Waals surface area (Å²) in [6.07, 6.45) is 93.2. The standard InChI is InChI=1S/C76H134O6/c1-4-7-10-13-16-19-22-25-28-31-33-35-37-38-39-41-42-45-48-51-54-57-60-63-66-69-75(78)81-72-73(71-80-74(77)68-65-62-59-56-53-50-47-44-30-27-24-21-18-15-12-9-6-3)82-76(79)70-67-64-61-58-55-52-49-46-43-40-36-34-32-29-26-23-20-17-14-11-8-5-2/h9,12,18,21-22,25,27,30-31,33,37-38,47,50,73H,4-8,10-11,13-17,19-20,23-24,26,28-29,32,34-36,39-46,48-49,51-72H2,1-3H3/b12-9-,21-18-,25-22-,30-27-,33-31-,38-37-,50-47-. The zero-order valence-corrected chi connectivity index (χ0v) is 54.5. The maximum Gasteiger partial charge on any atom is 0.306 e. The van der Waals surface area contributed by atoms with Crippen LogP contribution >= 0.6 is 0 Å². The molecule has 0 aromatic rings. The minimum atomic E-state index is -0.790. The van der Waals surface area contributed by atoms with E-state index in [0.717, 1.165) is 109 Å². The van der Waals surface area contributed by atoms with Crippen LogP contribution in [-0.2, 0) is 28.6 Å². The lowest BCUT2D eigenvalue weighted by Crippen LogP contribution is -2.30. The number of hydrogen-bond acceptors (Lipinski definition) is 6. The quantitative estimate of drug-likeness (QED) is 0.0261. The molecule has 0 spiro atoms. The van der Waals surface area contributed by atoms with Crippen LogP contribution in [0.3, 0.4) is 0 Å². The van der Waals surface area contributed by atoms with E-state index < -0.39 is 6.10 Å². The lowest BCUT2D eigenvalue weighted by atomic mass is 10.0. The third-order valence-electron chi connectivity index (χ3n) is 15.6. The number of rotatable bonds is 65. The lowest BCUT2D eigenvalue weighted by Gasteiger charge is -2.18. The van der Waals surface area contributed by atoms with Crippen molar-refractivity contribution < 1.29 is 28.6 Å². The number of unbranched alkanes of at least 4 members (excludes halogenated alkanes) is 40. The lowest BCUT2D eigenvalue weighted by molar-refractivity contribution is -0.167. The van der Waals surface area contributed by atoms with Crippen LogP contribution in [0.4, 0.5) is 0 Å². The average Bonchev–Trinajstić information content (AvgIpc) is 3.47. The van der Waals surface area contributed by atoms with Crippen molar-refractivity contribution in [2.45, 2.75) is 367 Å². The molecule has 0 fully saturated rings. The molecule has 0 N–H and O–H groups in total. The maximum absolute atomic E-state index is 13.0. The SMILES string of the molecule is CC/C=C\C/C=C\C/C=C\C/C=C\CCCCCCC(=O)OCC(COC(=O)CCCCCCCCCCCC/C=C\C/C=C\C/C=C\CCCCCCC)OC(=O)CCCCCCCCCCCCCCCCCCCCCCCC. The molecule has 0 amide bonds. The first-order chi connectivity index (χ1) is 40.5. The molecule has 0 radical (unpaired) electrons. The summed E-state index contributed by atoms with van der Waals surface area (Å²) in [4.78, 5) is 38.5. The number of esters is 3. The van der Waals surface area contributed by atoms with Gasteiger partial charge in [0.15, 0.2) is 6.10 Å². The van der Waals surface area contributed by atoms with Crippen LogP contribution in [0.15, 0.2) is 85.1 Å². The minimum Gasteiger partial charge on any atom is -0.462 e. The Morgan fingerprint density at radius 2 is 0.476 bits per heavy atom. The largest absolute Gasteiger partial charge is 0.462 e. The number of hydrogen-bond donors (Lipinski definition) is 0. The van der Waals surface area contributed by atoms with Gasteiger partial charge in [0.25, 0.3) is 0 Å². The van der Waals surface area contributed by atoms with Crippen LogP contribution in [0, 0.1) is 0 Å². The summed E-state index contributed by atoms with van der Waals surface area (Å²) < 4.78 is 17.0. The molecule has 0 aromatic heterocycles. The van der Waals surface area contributed by atoms with Gasteiger partial charge in [-0.3, -0.25) is 14.4 Å². The summed E-state index contributed by atoms with van der Waals surface area (Å²) >= 11 is 0. The first kappa shape index (κ1) is 78.6. The molecule has 6 heteroatoms. The molecule has 474 valence electrons. The van der Waals surface area contributed by atoms with Gasteiger partial charge in [0.2, 0.25) is 0 Å². The molecule has 0 aromatic carbocycles. The monoisotopic (exact) mass is 1140 g/mol. The van der Waals surface area contributed by atoms with Crippen molar-refractivity contribution in [1.82, 2.24) is 0 Å². The van der Waals surface area contributed by atoms with Crippen molar-refractivity contribution >= 4 is 17.9 Å². The van der Waals surface area contributed by atoms with Crippen LogP contribution < -0.4 is 0 Å². The number of ether oxygens (including phenoxy) is 3. The van der Waals surface area contributed by atoms with Crippen LogP contribution in [0.1, 0.15) is 361 Å². The highest BCUT2D eigenvalue weighted by Gasteiger charge is 2.19. The van der Waals surface area contributed by atoms with Gasteiger partial charge in [0.1, 0.15) is 13.2 Å². The maximum atomic E-state index is 13.0. The molecule has 0 saturated carbocycles. The Hall–Kier alpha value is -3.41. The van der Waals surface area contributed by atoms with Gasteiger partial charge in [-0.25, -0.2) is 0 Å². The van der Waals surface area contributed by atoms with Crippen molar-refractivity contribution in [3.63, 3.8) is 0 Å². The second kappa shape index (κ2) is 70.1. The highest BCUT2D eigenvalue weighted by Crippen LogP contribution is 2.18. The van der Waals surface area contributed by atoms with E-state index >= 15 is 0 Å².